The van der Waals surface area contributed by atoms with Crippen molar-refractivity contribution in [3.05, 3.63) is 34.6 Å². The van der Waals surface area contributed by atoms with Crippen LogP contribution in [0, 0.1) is 5.82 Å². The first-order valence-corrected chi connectivity index (χ1v) is 13.5. The molecule has 2 N–H and O–H groups in total. The van der Waals surface area contributed by atoms with Crippen LogP contribution in [-0.2, 0) is 20.9 Å². The highest BCUT2D eigenvalue weighted by Crippen LogP contribution is 2.39. The normalized spacial score (nSPS) is 30.3. The fraction of sp³-hybridized carbons (Fsp3) is 0.667. The average molecular weight is 499 g/mol. The van der Waals surface area contributed by atoms with E-state index in [2.05, 4.69) is 15.5 Å². The predicted molar refractivity (Wildman–Crippen MR) is 130 cm³/mol. The summed E-state index contributed by atoms with van der Waals surface area (Å²) >= 11 is 0. The molecule has 1 aromatic carbocycles. The number of carbonyl (C=O) groups excluding carboxylic acids is 3. The van der Waals surface area contributed by atoms with Gasteiger partial charge in [0.05, 0.1) is 18.8 Å². The van der Waals surface area contributed by atoms with Crippen LogP contribution in [0.2, 0.25) is 0 Å². The van der Waals surface area contributed by atoms with Crippen LogP contribution < -0.4 is 10.6 Å². The van der Waals surface area contributed by atoms with Gasteiger partial charge in [0.15, 0.2) is 0 Å². The van der Waals surface area contributed by atoms with Gasteiger partial charge in [0.25, 0.3) is 5.91 Å². The zero-order valence-corrected chi connectivity index (χ0v) is 20.6. The van der Waals surface area contributed by atoms with Gasteiger partial charge in [0.2, 0.25) is 11.8 Å². The Morgan fingerprint density at radius 3 is 2.42 bits per heavy atom. The van der Waals surface area contributed by atoms with E-state index < -0.39 is 11.9 Å². The van der Waals surface area contributed by atoms with Crippen molar-refractivity contribution in [2.45, 2.75) is 88.1 Å². The number of benzene rings is 1. The van der Waals surface area contributed by atoms with Crippen LogP contribution in [0.5, 0.6) is 0 Å². The number of fused-ring (bicyclic) bond motifs is 1. The van der Waals surface area contributed by atoms with Gasteiger partial charge in [0, 0.05) is 23.6 Å². The number of likely N-dealkylation sites (tertiary alicyclic amines) is 1. The Morgan fingerprint density at radius 2 is 1.69 bits per heavy atom. The van der Waals surface area contributed by atoms with Gasteiger partial charge in [-0.1, -0.05) is 6.07 Å². The SMILES string of the molecule is O=C1CCC(N2Cc3c(ccc(C4CCN(C5CC(OC6CCNCC6)C5)CC4)c3F)C2=O)C(=O)N1. The van der Waals surface area contributed by atoms with E-state index in [4.69, 9.17) is 4.74 Å². The highest BCUT2D eigenvalue weighted by Gasteiger charge is 2.42. The third-order valence-corrected chi connectivity index (χ3v) is 8.91. The summed E-state index contributed by atoms with van der Waals surface area (Å²) < 4.78 is 22.0. The minimum atomic E-state index is -0.723. The van der Waals surface area contributed by atoms with Crippen LogP contribution in [0.4, 0.5) is 4.39 Å². The zero-order valence-electron chi connectivity index (χ0n) is 20.6. The molecule has 4 fully saturated rings. The smallest absolute Gasteiger partial charge is 0.255 e. The van der Waals surface area contributed by atoms with Crippen molar-refractivity contribution in [2.75, 3.05) is 26.2 Å². The largest absolute Gasteiger partial charge is 0.375 e. The minimum Gasteiger partial charge on any atom is -0.375 e. The topological polar surface area (TPSA) is 91.0 Å². The fourth-order valence-electron chi connectivity index (χ4n) is 6.66. The molecular formula is C27H35FN4O4. The molecule has 1 saturated carbocycles. The first-order valence-electron chi connectivity index (χ1n) is 13.5. The molecule has 0 bridgehead atoms. The fourth-order valence-corrected chi connectivity index (χ4v) is 6.66. The third kappa shape index (κ3) is 4.46. The van der Waals surface area contributed by atoms with Gasteiger partial charge in [-0.05, 0) is 88.7 Å². The molecule has 36 heavy (non-hydrogen) atoms. The van der Waals surface area contributed by atoms with Crippen molar-refractivity contribution in [3.63, 3.8) is 0 Å². The van der Waals surface area contributed by atoms with Crippen LogP contribution in [0.3, 0.4) is 0 Å². The Kier molecular flexibility index (Phi) is 6.56. The number of amides is 3. The molecule has 8 nitrogen and oxygen atoms in total. The summed E-state index contributed by atoms with van der Waals surface area (Å²) in [4.78, 5) is 40.7. The second-order valence-electron chi connectivity index (χ2n) is 11.0. The molecule has 4 heterocycles. The molecule has 0 radical (unpaired) electrons. The molecule has 1 aromatic rings. The van der Waals surface area contributed by atoms with E-state index in [1.807, 2.05) is 0 Å². The van der Waals surface area contributed by atoms with Gasteiger partial charge in [-0.15, -0.1) is 0 Å². The van der Waals surface area contributed by atoms with Crippen LogP contribution in [0.1, 0.15) is 78.8 Å². The Labute approximate surface area is 210 Å². The van der Waals surface area contributed by atoms with E-state index in [1.165, 1.54) is 4.90 Å². The molecule has 0 aromatic heterocycles. The standard InChI is InChI=1S/C27H35FN4O4/c28-25-20(1-2-21-22(25)15-32(27(21)35)23-3-4-24(33)30-26(23)34)16-7-11-31(12-8-16)17-13-19(14-17)36-18-5-9-29-10-6-18/h1-2,16-19,23,29H,3-15H2,(H,30,33,34). The number of rotatable bonds is 5. The lowest BCUT2D eigenvalue weighted by Crippen LogP contribution is -2.52. The summed E-state index contributed by atoms with van der Waals surface area (Å²) in [5.74, 6) is -1.29. The minimum absolute atomic E-state index is 0.0828. The molecule has 5 aliphatic rings. The monoisotopic (exact) mass is 498 g/mol. The number of halogens is 1. The van der Waals surface area contributed by atoms with Gasteiger partial charge in [0.1, 0.15) is 11.9 Å². The summed E-state index contributed by atoms with van der Waals surface area (Å²) in [6.07, 6.45) is 7.47. The molecule has 0 spiro atoms. The van der Waals surface area contributed by atoms with Gasteiger partial charge in [-0.2, -0.15) is 0 Å². The maximum atomic E-state index is 15.7. The number of imide groups is 1. The molecular weight excluding hydrogens is 463 g/mol. The van der Waals surface area contributed by atoms with Crippen LogP contribution >= 0.6 is 0 Å². The number of nitrogens with zero attached hydrogens (tertiary/aromatic N) is 2. The molecule has 194 valence electrons. The van der Waals surface area contributed by atoms with Gasteiger partial charge in [-0.3, -0.25) is 19.7 Å². The van der Waals surface area contributed by atoms with Crippen molar-refractivity contribution in [2.24, 2.45) is 0 Å². The van der Waals surface area contributed by atoms with Gasteiger partial charge < -0.3 is 19.9 Å². The summed E-state index contributed by atoms with van der Waals surface area (Å²) in [5.41, 5.74) is 1.42. The molecule has 1 atom stereocenters. The maximum absolute atomic E-state index is 15.7. The third-order valence-electron chi connectivity index (χ3n) is 8.91. The summed E-state index contributed by atoms with van der Waals surface area (Å²) in [6.45, 7) is 4.09. The molecule has 1 unspecified atom stereocenters. The number of piperidine rings is 3. The lowest BCUT2D eigenvalue weighted by Gasteiger charge is -2.46. The van der Waals surface area contributed by atoms with Crippen LogP contribution in [0.25, 0.3) is 0 Å². The Morgan fingerprint density at radius 1 is 0.944 bits per heavy atom. The van der Waals surface area contributed by atoms with E-state index in [1.54, 1.807) is 12.1 Å². The maximum Gasteiger partial charge on any atom is 0.255 e. The van der Waals surface area contributed by atoms with Gasteiger partial charge >= 0.3 is 0 Å². The lowest BCUT2D eigenvalue weighted by atomic mass is 9.83. The zero-order chi connectivity index (χ0) is 24.8. The number of nitrogens with one attached hydrogen (secondary N) is 2. The summed E-state index contributed by atoms with van der Waals surface area (Å²) in [6, 6.07) is 3.34. The number of hydrogen-bond donors (Lipinski definition) is 2. The average Bonchev–Trinajstić information content (AvgIpc) is 3.19. The van der Waals surface area contributed by atoms with E-state index in [0.29, 0.717) is 34.9 Å². The second kappa shape index (κ2) is 9.84. The Bertz CT molecular complexity index is 1040. The van der Waals surface area contributed by atoms with E-state index in [9.17, 15) is 14.4 Å². The first kappa shape index (κ1) is 24.0. The van der Waals surface area contributed by atoms with Crippen molar-refractivity contribution >= 4 is 17.7 Å². The van der Waals surface area contributed by atoms with Crippen LogP contribution in [-0.4, -0.2) is 78.0 Å². The number of carbonyl (C=O) groups is 3. The van der Waals surface area contributed by atoms with Gasteiger partial charge in [-0.25, -0.2) is 4.39 Å². The Balaban J connectivity index is 1.04. The first-order chi connectivity index (χ1) is 17.5. The number of ether oxygens (including phenoxy) is 1. The number of hydrogen-bond acceptors (Lipinski definition) is 6. The molecule has 6 rings (SSSR count). The lowest BCUT2D eigenvalue weighted by molar-refractivity contribution is -0.136. The van der Waals surface area contributed by atoms with Crippen molar-refractivity contribution in [3.8, 4) is 0 Å². The van der Waals surface area contributed by atoms with Crippen molar-refractivity contribution in [1.29, 1.82) is 0 Å². The summed E-state index contributed by atoms with van der Waals surface area (Å²) in [7, 11) is 0. The molecule has 1 aliphatic carbocycles. The Hall–Kier alpha value is -2.36. The molecule has 4 aliphatic heterocycles. The second-order valence-corrected chi connectivity index (χ2v) is 11.0. The molecule has 9 heteroatoms. The highest BCUT2D eigenvalue weighted by atomic mass is 19.1. The van der Waals surface area contributed by atoms with E-state index in [-0.39, 0.29) is 42.9 Å². The summed E-state index contributed by atoms with van der Waals surface area (Å²) in [5, 5.41) is 5.68. The predicted octanol–water partition coefficient (Wildman–Crippen LogP) is 2.07. The van der Waals surface area contributed by atoms with E-state index in [0.717, 1.165) is 64.7 Å². The quantitative estimate of drug-likeness (QED) is 0.604. The molecule has 3 amide bonds. The van der Waals surface area contributed by atoms with Crippen LogP contribution in [0.15, 0.2) is 12.1 Å². The highest BCUT2D eigenvalue weighted by molar-refractivity contribution is 6.05. The van der Waals surface area contributed by atoms with Crippen molar-refractivity contribution in [1.82, 2.24) is 20.4 Å². The van der Waals surface area contributed by atoms with E-state index >= 15 is 4.39 Å². The van der Waals surface area contributed by atoms with Crippen molar-refractivity contribution < 1.29 is 23.5 Å². The molecule has 3 saturated heterocycles.